The Morgan fingerprint density at radius 2 is 1.89 bits per heavy atom. The summed E-state index contributed by atoms with van der Waals surface area (Å²) in [4.78, 5) is 14.5. The van der Waals surface area contributed by atoms with E-state index in [0.29, 0.717) is 24.3 Å². The number of fused-ring (bicyclic) bond motifs is 1. The number of aromatic nitrogens is 2. The van der Waals surface area contributed by atoms with Crippen LogP contribution in [-0.2, 0) is 21.2 Å². The lowest BCUT2D eigenvalue weighted by Crippen LogP contribution is -2.39. The number of halogens is 1. The summed E-state index contributed by atoms with van der Waals surface area (Å²) in [7, 11) is -2.31. The second-order valence-electron chi connectivity index (χ2n) is 8.54. The minimum absolute atomic E-state index is 0.102. The van der Waals surface area contributed by atoms with Crippen molar-refractivity contribution < 1.29 is 22.3 Å². The van der Waals surface area contributed by atoms with E-state index in [9.17, 15) is 17.6 Å². The van der Waals surface area contributed by atoms with Crippen LogP contribution in [0.1, 0.15) is 29.7 Å². The van der Waals surface area contributed by atoms with Crippen molar-refractivity contribution in [3.05, 3.63) is 88.7 Å². The summed E-state index contributed by atoms with van der Waals surface area (Å²) in [6.07, 6.45) is 0.497. The maximum absolute atomic E-state index is 13.8. The summed E-state index contributed by atoms with van der Waals surface area (Å²) in [5, 5.41) is 7.59. The molecule has 1 N–H and O–H groups in total. The lowest BCUT2D eigenvalue weighted by atomic mass is 9.87. The molecule has 1 amide bonds. The molecular weight excluding hydrogens is 515 g/mol. The Kier molecular flexibility index (Phi) is 6.65. The summed E-state index contributed by atoms with van der Waals surface area (Å²) in [5.41, 5.74) is 5.30. The van der Waals surface area contributed by atoms with Crippen LogP contribution in [0.3, 0.4) is 0 Å². The molecule has 8 nitrogen and oxygen atoms in total. The van der Waals surface area contributed by atoms with Crippen molar-refractivity contribution in [2.45, 2.75) is 24.3 Å². The van der Waals surface area contributed by atoms with Crippen molar-refractivity contribution in [2.24, 2.45) is 0 Å². The molecule has 37 heavy (non-hydrogen) atoms. The van der Waals surface area contributed by atoms with Crippen molar-refractivity contribution in [1.82, 2.24) is 15.1 Å². The van der Waals surface area contributed by atoms with Crippen molar-refractivity contribution in [3.8, 4) is 16.9 Å². The zero-order valence-electron chi connectivity index (χ0n) is 20.0. The maximum Gasteiger partial charge on any atom is 0.263 e. The lowest BCUT2D eigenvalue weighted by molar-refractivity contribution is -0.130. The van der Waals surface area contributed by atoms with Gasteiger partial charge >= 0.3 is 0 Å². The average Bonchev–Trinajstić information content (AvgIpc) is 3.39. The number of carbonyl (C=O) groups is 1. The van der Waals surface area contributed by atoms with Crippen LogP contribution in [0.4, 0.5) is 9.52 Å². The Hall–Kier alpha value is -3.83. The quantitative estimate of drug-likeness (QED) is 0.384. The molecule has 0 saturated heterocycles. The fourth-order valence-electron chi connectivity index (χ4n) is 4.62. The van der Waals surface area contributed by atoms with Crippen LogP contribution in [0.15, 0.2) is 71.1 Å². The van der Waals surface area contributed by atoms with E-state index in [4.69, 9.17) is 4.74 Å². The number of ether oxygens (including phenoxy) is 1. The van der Waals surface area contributed by atoms with Gasteiger partial charge in [-0.15, -0.1) is 10.2 Å². The molecule has 11 heteroatoms. The Bertz CT molecular complexity index is 1580. The van der Waals surface area contributed by atoms with Gasteiger partial charge in [-0.2, -0.15) is 0 Å². The number of nitrogens with zero attached hydrogens (tertiary/aromatic N) is 3. The number of amides is 1. The summed E-state index contributed by atoms with van der Waals surface area (Å²) in [6.45, 7) is 1.92. The highest BCUT2D eigenvalue weighted by atomic mass is 32.2. The topological polar surface area (TPSA) is 101 Å². The highest BCUT2D eigenvalue weighted by Crippen LogP contribution is 2.41. The van der Waals surface area contributed by atoms with Gasteiger partial charge in [0.25, 0.3) is 10.0 Å². The second-order valence-corrected chi connectivity index (χ2v) is 11.1. The van der Waals surface area contributed by atoms with E-state index in [2.05, 4.69) is 14.9 Å². The number of methoxy groups -OCH3 is 1. The first kappa shape index (κ1) is 24.8. The molecule has 0 bridgehead atoms. The fourth-order valence-corrected chi connectivity index (χ4v) is 6.36. The van der Waals surface area contributed by atoms with E-state index >= 15 is 0 Å². The van der Waals surface area contributed by atoms with Crippen LogP contribution in [0.5, 0.6) is 5.75 Å². The lowest BCUT2D eigenvalue weighted by Gasteiger charge is -2.38. The molecule has 1 aliphatic rings. The smallest absolute Gasteiger partial charge is 0.263 e. The van der Waals surface area contributed by atoms with Gasteiger partial charge in [0, 0.05) is 19.0 Å². The number of nitrogens with one attached hydrogen (secondary N) is 1. The van der Waals surface area contributed by atoms with Gasteiger partial charge in [-0.25, -0.2) is 12.8 Å². The average molecular weight is 539 g/mol. The van der Waals surface area contributed by atoms with Gasteiger partial charge in [-0.1, -0.05) is 41.7 Å². The number of rotatable bonds is 6. The SMILES string of the molecule is COc1cc(-c2cccc(F)c2)ccc1[C@H]1c2ccc(S(=O)(=O)Nc3nncs3)cc2CCN1C(C)=O. The number of hydrogen-bond acceptors (Lipinski definition) is 7. The van der Waals surface area contributed by atoms with Gasteiger partial charge in [0.2, 0.25) is 11.0 Å². The molecule has 3 aromatic carbocycles. The van der Waals surface area contributed by atoms with Gasteiger partial charge in [-0.05, 0) is 59.0 Å². The molecule has 0 fully saturated rings. The molecular formula is C26H23FN4O4S2. The summed E-state index contributed by atoms with van der Waals surface area (Å²) < 4.78 is 47.8. The zero-order valence-corrected chi connectivity index (χ0v) is 21.6. The van der Waals surface area contributed by atoms with Gasteiger partial charge in [0.15, 0.2) is 0 Å². The predicted octanol–water partition coefficient (Wildman–Crippen LogP) is 4.65. The van der Waals surface area contributed by atoms with Crippen molar-refractivity contribution in [1.29, 1.82) is 0 Å². The molecule has 190 valence electrons. The Morgan fingerprint density at radius 1 is 1.11 bits per heavy atom. The third-order valence-electron chi connectivity index (χ3n) is 6.33. The van der Waals surface area contributed by atoms with Gasteiger partial charge in [0.1, 0.15) is 17.1 Å². The van der Waals surface area contributed by atoms with E-state index in [0.717, 1.165) is 33.6 Å². The predicted molar refractivity (Wildman–Crippen MR) is 138 cm³/mol. The van der Waals surface area contributed by atoms with Gasteiger partial charge < -0.3 is 9.64 Å². The van der Waals surface area contributed by atoms with Crippen molar-refractivity contribution >= 4 is 32.4 Å². The van der Waals surface area contributed by atoms with Crippen LogP contribution in [0.25, 0.3) is 11.1 Å². The minimum Gasteiger partial charge on any atom is -0.496 e. The van der Waals surface area contributed by atoms with E-state index < -0.39 is 16.1 Å². The van der Waals surface area contributed by atoms with Crippen molar-refractivity contribution in [2.75, 3.05) is 18.4 Å². The number of benzene rings is 3. The molecule has 0 radical (unpaired) electrons. The first-order valence-corrected chi connectivity index (χ1v) is 13.8. The van der Waals surface area contributed by atoms with Crippen LogP contribution in [0.2, 0.25) is 0 Å². The molecule has 1 atom stereocenters. The largest absolute Gasteiger partial charge is 0.496 e. The molecule has 1 aromatic heterocycles. The molecule has 2 heterocycles. The fraction of sp³-hybridized carbons (Fsp3) is 0.192. The standard InChI is InChI=1S/C26H23FN4O4S2/c1-16(32)31-11-10-19-13-21(37(33,34)30-26-29-28-15-36-26)7-9-22(19)25(31)23-8-6-18(14-24(23)35-2)17-4-3-5-20(27)12-17/h3-9,12-15,25H,10-11H2,1-2H3,(H,29,30)/t25-/m1/s1. The van der Waals surface area contributed by atoms with E-state index in [1.807, 2.05) is 24.3 Å². The Morgan fingerprint density at radius 3 is 2.59 bits per heavy atom. The third kappa shape index (κ3) is 4.92. The molecule has 5 rings (SSSR count). The molecule has 0 unspecified atom stereocenters. The maximum atomic E-state index is 13.8. The van der Waals surface area contributed by atoms with Crippen LogP contribution >= 0.6 is 11.3 Å². The summed E-state index contributed by atoms with van der Waals surface area (Å²) in [6, 6.07) is 16.3. The minimum atomic E-state index is -3.86. The van der Waals surface area contributed by atoms with Crippen molar-refractivity contribution in [3.63, 3.8) is 0 Å². The normalized spacial score (nSPS) is 15.2. The van der Waals surface area contributed by atoms with Gasteiger partial charge in [-0.3, -0.25) is 9.52 Å². The summed E-state index contributed by atoms with van der Waals surface area (Å²) >= 11 is 1.09. The van der Waals surface area contributed by atoms with E-state index in [1.165, 1.54) is 30.6 Å². The van der Waals surface area contributed by atoms with Gasteiger partial charge in [0.05, 0.1) is 18.0 Å². The molecule has 0 aliphatic carbocycles. The number of sulfonamides is 1. The number of hydrogen-bond donors (Lipinski definition) is 1. The Balaban J connectivity index is 1.57. The monoisotopic (exact) mass is 538 g/mol. The zero-order chi connectivity index (χ0) is 26.2. The molecule has 4 aromatic rings. The Labute approximate surface area is 217 Å². The highest BCUT2D eigenvalue weighted by molar-refractivity contribution is 7.93. The van der Waals surface area contributed by atoms with Crippen LogP contribution in [-0.4, -0.2) is 43.1 Å². The first-order valence-electron chi connectivity index (χ1n) is 11.4. The van der Waals surface area contributed by atoms with Crippen LogP contribution < -0.4 is 9.46 Å². The van der Waals surface area contributed by atoms with Crippen LogP contribution in [0, 0.1) is 5.82 Å². The second kappa shape index (κ2) is 9.91. The number of carbonyl (C=O) groups excluding carboxylic acids is 1. The van der Waals surface area contributed by atoms with E-state index in [1.54, 1.807) is 30.2 Å². The molecule has 0 saturated carbocycles. The van der Waals surface area contributed by atoms with E-state index in [-0.39, 0.29) is 21.8 Å². The highest BCUT2D eigenvalue weighted by Gasteiger charge is 2.33. The molecule has 1 aliphatic heterocycles. The third-order valence-corrected chi connectivity index (χ3v) is 8.40. The molecule has 0 spiro atoms. The number of anilines is 1. The first-order chi connectivity index (χ1) is 17.8. The summed E-state index contributed by atoms with van der Waals surface area (Å²) in [5.74, 6) is 0.0953.